The highest BCUT2D eigenvalue weighted by Gasteiger charge is 2.22. The predicted octanol–water partition coefficient (Wildman–Crippen LogP) is 1.84. The molecule has 1 rings (SSSR count). The van der Waals surface area contributed by atoms with E-state index in [0.717, 1.165) is 38.8 Å². The molecule has 1 aliphatic carbocycles. The molecule has 0 radical (unpaired) electrons. The van der Waals surface area contributed by atoms with Gasteiger partial charge in [-0.2, -0.15) is 0 Å². The average Bonchev–Trinajstić information content (AvgIpc) is 2.42. The van der Waals surface area contributed by atoms with Gasteiger partial charge in [-0.15, -0.1) is 0 Å². The van der Waals surface area contributed by atoms with Crippen molar-refractivity contribution in [2.45, 2.75) is 64.1 Å². The Morgan fingerprint density at radius 3 is 2.61 bits per heavy atom. The molecular formula is C14H28N2O2. The molecule has 1 atom stereocenters. The van der Waals surface area contributed by atoms with Crippen molar-refractivity contribution in [1.82, 2.24) is 10.6 Å². The van der Waals surface area contributed by atoms with Crippen molar-refractivity contribution in [3.8, 4) is 0 Å². The molecule has 1 saturated carbocycles. The lowest BCUT2D eigenvalue weighted by molar-refractivity contribution is -0.138. The van der Waals surface area contributed by atoms with E-state index in [4.69, 9.17) is 4.74 Å². The van der Waals surface area contributed by atoms with E-state index in [-0.39, 0.29) is 12.0 Å². The standard InChI is InChI=1S/C14H28N2O2/c1-3-13(14(17)16-11-7-10-15-2)18-12-8-5-4-6-9-12/h12-13,15H,3-11H2,1-2H3,(H,16,17). The number of amides is 1. The average molecular weight is 256 g/mol. The fourth-order valence-corrected chi connectivity index (χ4v) is 2.37. The summed E-state index contributed by atoms with van der Waals surface area (Å²) in [7, 11) is 1.92. The summed E-state index contributed by atoms with van der Waals surface area (Å²) < 4.78 is 5.93. The lowest BCUT2D eigenvalue weighted by Gasteiger charge is -2.26. The first-order chi connectivity index (χ1) is 8.77. The lowest BCUT2D eigenvalue weighted by atomic mass is 9.97. The van der Waals surface area contributed by atoms with E-state index >= 15 is 0 Å². The second kappa shape index (κ2) is 9.34. The van der Waals surface area contributed by atoms with Crippen molar-refractivity contribution in [3.63, 3.8) is 0 Å². The minimum absolute atomic E-state index is 0.0548. The number of nitrogens with one attached hydrogen (secondary N) is 2. The molecule has 1 unspecified atom stereocenters. The van der Waals surface area contributed by atoms with Gasteiger partial charge >= 0.3 is 0 Å². The maximum atomic E-state index is 12.0. The zero-order valence-corrected chi connectivity index (χ0v) is 11.8. The zero-order chi connectivity index (χ0) is 13.2. The van der Waals surface area contributed by atoms with Gasteiger partial charge in [-0.25, -0.2) is 0 Å². The van der Waals surface area contributed by atoms with Crippen LogP contribution in [0.1, 0.15) is 51.9 Å². The SMILES string of the molecule is CCC(OC1CCCCC1)C(=O)NCCCNC. The quantitative estimate of drug-likeness (QED) is 0.652. The van der Waals surface area contributed by atoms with E-state index in [9.17, 15) is 4.79 Å². The van der Waals surface area contributed by atoms with Gasteiger partial charge in [0.15, 0.2) is 0 Å². The molecule has 106 valence electrons. The first-order valence-corrected chi connectivity index (χ1v) is 7.35. The van der Waals surface area contributed by atoms with Crippen LogP contribution in [0.3, 0.4) is 0 Å². The summed E-state index contributed by atoms with van der Waals surface area (Å²) in [5.41, 5.74) is 0. The molecule has 18 heavy (non-hydrogen) atoms. The normalized spacial score (nSPS) is 18.6. The Morgan fingerprint density at radius 1 is 1.28 bits per heavy atom. The maximum absolute atomic E-state index is 12.0. The first kappa shape index (κ1) is 15.4. The summed E-state index contributed by atoms with van der Waals surface area (Å²) >= 11 is 0. The number of hydrogen-bond acceptors (Lipinski definition) is 3. The van der Waals surface area contributed by atoms with E-state index < -0.39 is 0 Å². The summed E-state index contributed by atoms with van der Waals surface area (Å²) in [5.74, 6) is 0.0548. The molecule has 0 bridgehead atoms. The van der Waals surface area contributed by atoms with Gasteiger partial charge in [0.05, 0.1) is 6.10 Å². The number of hydrogen-bond donors (Lipinski definition) is 2. The molecule has 0 heterocycles. The Bertz CT molecular complexity index is 228. The third-order valence-corrected chi connectivity index (χ3v) is 3.47. The Kier molecular flexibility index (Phi) is 8.01. The largest absolute Gasteiger partial charge is 0.365 e. The predicted molar refractivity (Wildman–Crippen MR) is 73.6 cm³/mol. The van der Waals surface area contributed by atoms with E-state index in [0.29, 0.717) is 6.10 Å². The van der Waals surface area contributed by atoms with Gasteiger partial charge in [0, 0.05) is 6.54 Å². The molecular weight excluding hydrogens is 228 g/mol. The molecule has 0 spiro atoms. The highest BCUT2D eigenvalue weighted by Crippen LogP contribution is 2.22. The molecule has 0 aromatic heterocycles. The fraction of sp³-hybridized carbons (Fsp3) is 0.929. The Balaban J connectivity index is 2.23. The van der Waals surface area contributed by atoms with Crippen LogP contribution in [0.2, 0.25) is 0 Å². The van der Waals surface area contributed by atoms with Crippen LogP contribution in [0.15, 0.2) is 0 Å². The molecule has 0 aromatic rings. The van der Waals surface area contributed by atoms with Crippen LogP contribution in [-0.4, -0.2) is 38.3 Å². The molecule has 0 saturated heterocycles. The van der Waals surface area contributed by atoms with Gasteiger partial charge in [0.1, 0.15) is 6.10 Å². The minimum Gasteiger partial charge on any atom is -0.365 e. The molecule has 1 aliphatic rings. The van der Waals surface area contributed by atoms with E-state index in [1.165, 1.54) is 19.3 Å². The molecule has 4 heteroatoms. The minimum atomic E-state index is -0.261. The van der Waals surface area contributed by atoms with Gasteiger partial charge in [-0.3, -0.25) is 4.79 Å². The number of rotatable bonds is 8. The summed E-state index contributed by atoms with van der Waals surface area (Å²) in [6.45, 7) is 3.67. The monoisotopic (exact) mass is 256 g/mol. The molecule has 4 nitrogen and oxygen atoms in total. The second-order valence-corrected chi connectivity index (χ2v) is 5.04. The van der Waals surface area contributed by atoms with Gasteiger partial charge in [0.2, 0.25) is 5.91 Å². The highest BCUT2D eigenvalue weighted by atomic mass is 16.5. The van der Waals surface area contributed by atoms with Gasteiger partial charge in [-0.1, -0.05) is 26.2 Å². The van der Waals surface area contributed by atoms with Crippen LogP contribution in [0.5, 0.6) is 0 Å². The van der Waals surface area contributed by atoms with Crippen molar-refractivity contribution >= 4 is 5.91 Å². The highest BCUT2D eigenvalue weighted by molar-refractivity contribution is 5.80. The van der Waals surface area contributed by atoms with Crippen LogP contribution < -0.4 is 10.6 Å². The van der Waals surface area contributed by atoms with E-state index in [1.54, 1.807) is 0 Å². The van der Waals surface area contributed by atoms with Crippen molar-refractivity contribution in [2.24, 2.45) is 0 Å². The number of carbonyl (C=O) groups is 1. The summed E-state index contributed by atoms with van der Waals surface area (Å²) in [6, 6.07) is 0. The fourth-order valence-electron chi connectivity index (χ4n) is 2.37. The van der Waals surface area contributed by atoms with Gasteiger partial charge in [-0.05, 0) is 39.3 Å². The molecule has 1 fully saturated rings. The van der Waals surface area contributed by atoms with Crippen LogP contribution in [0.4, 0.5) is 0 Å². The van der Waals surface area contributed by atoms with E-state index in [1.807, 2.05) is 14.0 Å². The number of carbonyl (C=O) groups excluding carboxylic acids is 1. The van der Waals surface area contributed by atoms with Crippen molar-refractivity contribution < 1.29 is 9.53 Å². The van der Waals surface area contributed by atoms with Crippen LogP contribution in [0.25, 0.3) is 0 Å². The molecule has 2 N–H and O–H groups in total. The van der Waals surface area contributed by atoms with Crippen molar-refractivity contribution in [3.05, 3.63) is 0 Å². The Morgan fingerprint density at radius 2 is 2.00 bits per heavy atom. The zero-order valence-electron chi connectivity index (χ0n) is 11.8. The van der Waals surface area contributed by atoms with Crippen molar-refractivity contribution in [2.75, 3.05) is 20.1 Å². The van der Waals surface area contributed by atoms with Crippen molar-refractivity contribution in [1.29, 1.82) is 0 Å². The Labute approximate surface area is 111 Å². The Hall–Kier alpha value is -0.610. The number of ether oxygens (including phenoxy) is 1. The summed E-state index contributed by atoms with van der Waals surface area (Å²) in [5, 5.41) is 6.02. The second-order valence-electron chi connectivity index (χ2n) is 5.04. The smallest absolute Gasteiger partial charge is 0.249 e. The maximum Gasteiger partial charge on any atom is 0.249 e. The lowest BCUT2D eigenvalue weighted by Crippen LogP contribution is -2.39. The molecule has 0 aliphatic heterocycles. The summed E-state index contributed by atoms with van der Waals surface area (Å²) in [4.78, 5) is 12.0. The summed E-state index contributed by atoms with van der Waals surface area (Å²) in [6.07, 6.45) is 7.78. The van der Waals surface area contributed by atoms with E-state index in [2.05, 4.69) is 10.6 Å². The molecule has 0 aromatic carbocycles. The topological polar surface area (TPSA) is 50.4 Å². The van der Waals surface area contributed by atoms with Crippen LogP contribution >= 0.6 is 0 Å². The van der Waals surface area contributed by atoms with Gasteiger partial charge in [0.25, 0.3) is 0 Å². The van der Waals surface area contributed by atoms with Gasteiger partial charge < -0.3 is 15.4 Å². The third kappa shape index (κ3) is 5.83. The van der Waals surface area contributed by atoms with Crippen LogP contribution in [-0.2, 0) is 9.53 Å². The van der Waals surface area contributed by atoms with Crippen LogP contribution in [0, 0.1) is 0 Å². The third-order valence-electron chi connectivity index (χ3n) is 3.47. The molecule has 1 amide bonds. The first-order valence-electron chi connectivity index (χ1n) is 7.35.